The largest absolute Gasteiger partial charge is 0.341 e. The van der Waals surface area contributed by atoms with Crippen LogP contribution in [0.5, 0.6) is 0 Å². The van der Waals surface area contributed by atoms with Crippen molar-refractivity contribution in [2.75, 3.05) is 5.32 Å². The molecule has 1 aromatic heterocycles. The third-order valence-corrected chi connectivity index (χ3v) is 3.65. The highest BCUT2D eigenvalue weighted by Crippen LogP contribution is 2.20. The maximum absolute atomic E-state index is 11.8. The Morgan fingerprint density at radius 2 is 1.79 bits per heavy atom. The molecule has 0 saturated heterocycles. The van der Waals surface area contributed by atoms with Gasteiger partial charge < -0.3 is 5.32 Å². The molecule has 6 heteroatoms. The van der Waals surface area contributed by atoms with Crippen LogP contribution >= 0.6 is 22.6 Å². The van der Waals surface area contributed by atoms with Crippen molar-refractivity contribution in [1.82, 2.24) is 9.13 Å². The first kappa shape index (κ1) is 13.9. The van der Waals surface area contributed by atoms with Crippen LogP contribution in [0.15, 0.2) is 33.9 Å². The van der Waals surface area contributed by atoms with Crippen molar-refractivity contribution in [3.8, 4) is 0 Å². The van der Waals surface area contributed by atoms with E-state index < -0.39 is 0 Å². The number of hydrogen-bond acceptors (Lipinski definition) is 3. The van der Waals surface area contributed by atoms with Crippen LogP contribution in [0, 0.1) is 10.5 Å². The number of rotatable bonds is 2. The first-order valence-corrected chi connectivity index (χ1v) is 6.78. The van der Waals surface area contributed by atoms with Crippen molar-refractivity contribution < 1.29 is 0 Å². The van der Waals surface area contributed by atoms with Gasteiger partial charge in [-0.05, 0) is 53.3 Å². The number of halogens is 1. The summed E-state index contributed by atoms with van der Waals surface area (Å²) in [7, 11) is 3.09. The van der Waals surface area contributed by atoms with E-state index in [4.69, 9.17) is 0 Å². The molecule has 0 radical (unpaired) electrons. The Labute approximate surface area is 124 Å². The third kappa shape index (κ3) is 2.73. The number of aryl methyl sites for hydroxylation is 1. The van der Waals surface area contributed by atoms with Crippen LogP contribution in [0.25, 0.3) is 0 Å². The molecule has 2 rings (SSSR count). The second-order valence-corrected chi connectivity index (χ2v) is 5.60. The van der Waals surface area contributed by atoms with Crippen molar-refractivity contribution >= 4 is 34.1 Å². The highest BCUT2D eigenvalue weighted by Gasteiger charge is 2.07. The molecule has 19 heavy (non-hydrogen) atoms. The fourth-order valence-corrected chi connectivity index (χ4v) is 2.41. The van der Waals surface area contributed by atoms with Gasteiger partial charge in [-0.15, -0.1) is 0 Å². The predicted molar refractivity (Wildman–Crippen MR) is 84.1 cm³/mol. The van der Waals surface area contributed by atoms with Gasteiger partial charge in [-0.25, -0.2) is 4.79 Å². The highest BCUT2D eigenvalue weighted by atomic mass is 127. The number of nitrogens with zero attached hydrogens (tertiary/aromatic N) is 2. The Balaban J connectivity index is 2.50. The summed E-state index contributed by atoms with van der Waals surface area (Å²) < 4.78 is 3.63. The van der Waals surface area contributed by atoms with Gasteiger partial charge in [0.2, 0.25) is 0 Å². The van der Waals surface area contributed by atoms with E-state index in [1.807, 2.05) is 25.1 Å². The van der Waals surface area contributed by atoms with Gasteiger partial charge in [-0.1, -0.05) is 0 Å². The molecule has 0 spiro atoms. The fourth-order valence-electron chi connectivity index (χ4n) is 1.76. The van der Waals surface area contributed by atoms with Crippen LogP contribution in [-0.4, -0.2) is 9.13 Å². The van der Waals surface area contributed by atoms with Gasteiger partial charge in [-0.3, -0.25) is 13.9 Å². The predicted octanol–water partition coefficient (Wildman–Crippen LogP) is 1.74. The average Bonchev–Trinajstić information content (AvgIpc) is 2.36. The minimum Gasteiger partial charge on any atom is -0.341 e. The topological polar surface area (TPSA) is 56.0 Å². The summed E-state index contributed by atoms with van der Waals surface area (Å²) >= 11 is 2.24. The number of nitrogens with one attached hydrogen (secondary N) is 1. The van der Waals surface area contributed by atoms with Crippen LogP contribution in [0.3, 0.4) is 0 Å². The van der Waals surface area contributed by atoms with Gasteiger partial charge >= 0.3 is 5.69 Å². The lowest BCUT2D eigenvalue weighted by Gasteiger charge is -2.13. The van der Waals surface area contributed by atoms with E-state index in [2.05, 4.69) is 27.9 Å². The molecule has 0 saturated carbocycles. The second-order valence-electron chi connectivity index (χ2n) is 4.35. The molecule has 1 aromatic carbocycles. The van der Waals surface area contributed by atoms with Crippen molar-refractivity contribution in [1.29, 1.82) is 0 Å². The van der Waals surface area contributed by atoms with Gasteiger partial charge in [0.05, 0.1) is 0 Å². The number of aromatic nitrogens is 2. The normalized spacial score (nSPS) is 10.5. The first-order valence-electron chi connectivity index (χ1n) is 5.70. The minimum atomic E-state index is -0.349. The lowest BCUT2D eigenvalue weighted by molar-refractivity contribution is 0.692. The summed E-state index contributed by atoms with van der Waals surface area (Å²) in [4.78, 5) is 23.5. The molecule has 0 amide bonds. The summed E-state index contributed by atoms with van der Waals surface area (Å²) in [6.07, 6.45) is 0. The molecule has 0 aliphatic rings. The SMILES string of the molecule is Cc1cc(I)ccc1Nc1cc(=O)n(C)c(=O)n1C. The number of benzene rings is 1. The Kier molecular flexibility index (Phi) is 3.79. The van der Waals surface area contributed by atoms with E-state index in [-0.39, 0.29) is 11.2 Å². The molecule has 1 heterocycles. The molecular weight excluding hydrogens is 357 g/mol. The Morgan fingerprint density at radius 3 is 2.42 bits per heavy atom. The van der Waals surface area contributed by atoms with Gasteiger partial charge in [0.1, 0.15) is 5.82 Å². The molecule has 0 unspecified atom stereocenters. The summed E-state index contributed by atoms with van der Waals surface area (Å²) in [6.45, 7) is 1.98. The summed E-state index contributed by atoms with van der Waals surface area (Å²) in [5.41, 5.74) is 1.26. The van der Waals surface area contributed by atoms with E-state index >= 15 is 0 Å². The van der Waals surface area contributed by atoms with Crippen molar-refractivity contribution in [2.45, 2.75) is 6.92 Å². The highest BCUT2D eigenvalue weighted by molar-refractivity contribution is 14.1. The van der Waals surface area contributed by atoms with E-state index in [1.54, 1.807) is 7.05 Å². The molecule has 2 aromatic rings. The van der Waals surface area contributed by atoms with Crippen molar-refractivity contribution in [3.05, 3.63) is 54.2 Å². The van der Waals surface area contributed by atoms with E-state index in [9.17, 15) is 9.59 Å². The van der Waals surface area contributed by atoms with Crippen LogP contribution < -0.4 is 16.6 Å². The number of anilines is 2. The maximum atomic E-state index is 11.8. The quantitative estimate of drug-likeness (QED) is 0.819. The maximum Gasteiger partial charge on any atom is 0.332 e. The average molecular weight is 371 g/mol. The van der Waals surface area contributed by atoms with Gasteiger partial charge in [0.25, 0.3) is 5.56 Å². The minimum absolute atomic E-state index is 0.325. The van der Waals surface area contributed by atoms with Crippen molar-refractivity contribution in [3.63, 3.8) is 0 Å². The lowest BCUT2D eigenvalue weighted by Crippen LogP contribution is -2.37. The van der Waals surface area contributed by atoms with Crippen LogP contribution in [0.1, 0.15) is 5.56 Å². The Morgan fingerprint density at radius 1 is 1.11 bits per heavy atom. The van der Waals surface area contributed by atoms with Gasteiger partial charge in [0.15, 0.2) is 0 Å². The number of hydrogen-bond donors (Lipinski definition) is 1. The van der Waals surface area contributed by atoms with E-state index in [0.29, 0.717) is 5.82 Å². The standard InChI is InChI=1S/C13H14IN3O2/c1-8-6-9(14)4-5-10(8)15-11-7-12(18)17(3)13(19)16(11)2/h4-7,15H,1-3H3. The van der Waals surface area contributed by atoms with E-state index in [0.717, 1.165) is 19.4 Å². The van der Waals surface area contributed by atoms with Crippen LogP contribution in [0.2, 0.25) is 0 Å². The molecule has 0 aliphatic carbocycles. The molecule has 5 nitrogen and oxygen atoms in total. The second kappa shape index (κ2) is 5.20. The van der Waals surface area contributed by atoms with Crippen molar-refractivity contribution in [2.24, 2.45) is 14.1 Å². The van der Waals surface area contributed by atoms with E-state index in [1.165, 1.54) is 17.7 Å². The summed E-state index contributed by atoms with van der Waals surface area (Å²) in [6, 6.07) is 7.34. The molecule has 1 N–H and O–H groups in total. The zero-order chi connectivity index (χ0) is 14.2. The summed E-state index contributed by atoms with van der Waals surface area (Å²) in [5, 5.41) is 3.12. The monoisotopic (exact) mass is 371 g/mol. The molecule has 100 valence electrons. The third-order valence-electron chi connectivity index (χ3n) is 2.98. The smallest absolute Gasteiger partial charge is 0.332 e. The first-order chi connectivity index (χ1) is 8.90. The fraction of sp³-hybridized carbons (Fsp3) is 0.231. The zero-order valence-corrected chi connectivity index (χ0v) is 13.1. The Hall–Kier alpha value is -1.57. The molecule has 0 bridgehead atoms. The Bertz CT molecular complexity index is 747. The zero-order valence-electron chi connectivity index (χ0n) is 10.9. The molecular formula is C13H14IN3O2. The summed E-state index contributed by atoms with van der Waals surface area (Å²) in [5.74, 6) is 0.484. The lowest BCUT2D eigenvalue weighted by atomic mass is 10.2. The van der Waals surface area contributed by atoms with Crippen LogP contribution in [-0.2, 0) is 14.1 Å². The molecule has 0 atom stereocenters. The molecule has 0 fully saturated rings. The van der Waals surface area contributed by atoms with Crippen LogP contribution in [0.4, 0.5) is 11.5 Å². The van der Waals surface area contributed by atoms with Gasteiger partial charge in [-0.2, -0.15) is 0 Å². The molecule has 0 aliphatic heterocycles. The van der Waals surface area contributed by atoms with Gasteiger partial charge in [0, 0.05) is 29.4 Å².